The van der Waals surface area contributed by atoms with Gasteiger partial charge in [0.2, 0.25) is 0 Å². The number of nitrogens with one attached hydrogen (secondary N) is 2. The SMILES string of the molecule is CC(C)(C)OC(=O)N[C@H]1C2=CNCC2=NC1C(F)(F)F. The highest BCUT2D eigenvalue weighted by Gasteiger charge is 2.52. The van der Waals surface area contributed by atoms with Gasteiger partial charge in [-0.2, -0.15) is 13.2 Å². The van der Waals surface area contributed by atoms with Crippen LogP contribution in [0.5, 0.6) is 0 Å². The first-order valence-electron chi connectivity index (χ1n) is 6.14. The number of aliphatic imine (C=N–C) groups is 1. The van der Waals surface area contributed by atoms with Crippen LogP contribution < -0.4 is 10.6 Å². The summed E-state index contributed by atoms with van der Waals surface area (Å²) in [6, 6.07) is -3.20. The summed E-state index contributed by atoms with van der Waals surface area (Å²) in [5.74, 6) is 0. The maximum Gasteiger partial charge on any atom is 0.413 e. The minimum absolute atomic E-state index is 0.244. The van der Waals surface area contributed by atoms with Crippen LogP contribution in [0.1, 0.15) is 20.8 Å². The molecule has 2 aliphatic rings. The Morgan fingerprint density at radius 3 is 2.65 bits per heavy atom. The first-order valence-corrected chi connectivity index (χ1v) is 6.14. The molecule has 0 aromatic carbocycles. The summed E-state index contributed by atoms with van der Waals surface area (Å²) in [6.45, 7) is 5.16. The van der Waals surface area contributed by atoms with Crippen molar-refractivity contribution in [3.05, 3.63) is 11.8 Å². The summed E-state index contributed by atoms with van der Waals surface area (Å²) in [6.07, 6.45) is -3.95. The minimum Gasteiger partial charge on any atom is -0.444 e. The number of hydrogen-bond acceptors (Lipinski definition) is 4. The highest BCUT2D eigenvalue weighted by molar-refractivity contribution is 6.07. The highest BCUT2D eigenvalue weighted by Crippen LogP contribution is 2.34. The summed E-state index contributed by atoms with van der Waals surface area (Å²) in [7, 11) is 0. The van der Waals surface area contributed by atoms with Crippen molar-refractivity contribution in [3.8, 4) is 0 Å². The smallest absolute Gasteiger partial charge is 0.413 e. The normalized spacial score (nSPS) is 25.5. The first kappa shape index (κ1) is 14.7. The molecule has 20 heavy (non-hydrogen) atoms. The number of hydrogen-bond donors (Lipinski definition) is 2. The maximum atomic E-state index is 13.0. The lowest BCUT2D eigenvalue weighted by atomic mass is 10.0. The molecule has 1 unspecified atom stereocenters. The number of fused-ring (bicyclic) bond motifs is 1. The molecule has 112 valence electrons. The van der Waals surface area contributed by atoms with E-state index in [9.17, 15) is 18.0 Å². The van der Waals surface area contributed by atoms with E-state index in [0.717, 1.165) is 0 Å². The number of carbonyl (C=O) groups is 1. The zero-order chi connectivity index (χ0) is 15.1. The van der Waals surface area contributed by atoms with E-state index in [0.29, 0.717) is 11.3 Å². The molecule has 0 fully saturated rings. The Morgan fingerprint density at radius 2 is 2.10 bits per heavy atom. The predicted molar refractivity (Wildman–Crippen MR) is 66.5 cm³/mol. The zero-order valence-corrected chi connectivity index (χ0v) is 11.3. The van der Waals surface area contributed by atoms with Crippen LogP contribution in [0.2, 0.25) is 0 Å². The molecule has 2 aliphatic heterocycles. The van der Waals surface area contributed by atoms with Crippen LogP contribution in [0.3, 0.4) is 0 Å². The van der Waals surface area contributed by atoms with Crippen molar-refractivity contribution < 1.29 is 22.7 Å². The van der Waals surface area contributed by atoms with Crippen LogP contribution in [0, 0.1) is 0 Å². The Hall–Kier alpha value is -1.73. The molecule has 8 heteroatoms. The molecule has 2 rings (SSSR count). The minimum atomic E-state index is -4.52. The Labute approximate surface area is 114 Å². The number of rotatable bonds is 1. The van der Waals surface area contributed by atoms with Gasteiger partial charge < -0.3 is 15.4 Å². The van der Waals surface area contributed by atoms with Crippen molar-refractivity contribution in [3.63, 3.8) is 0 Å². The van der Waals surface area contributed by atoms with Gasteiger partial charge in [0.15, 0.2) is 6.04 Å². The number of amides is 1. The van der Waals surface area contributed by atoms with Gasteiger partial charge >= 0.3 is 12.3 Å². The molecule has 0 bridgehead atoms. The molecule has 5 nitrogen and oxygen atoms in total. The Kier molecular flexibility index (Phi) is 3.43. The Balaban J connectivity index is 2.14. The van der Waals surface area contributed by atoms with Crippen molar-refractivity contribution in [2.24, 2.45) is 4.99 Å². The van der Waals surface area contributed by atoms with Crippen LogP contribution in [0.4, 0.5) is 18.0 Å². The molecule has 0 aromatic heterocycles. The summed E-state index contributed by atoms with van der Waals surface area (Å²) in [4.78, 5) is 15.3. The van der Waals surface area contributed by atoms with E-state index in [1.165, 1.54) is 6.20 Å². The number of halogens is 3. The van der Waals surface area contributed by atoms with Gasteiger partial charge in [-0.25, -0.2) is 4.79 Å². The molecule has 0 saturated heterocycles. The molecular formula is C12H16F3N3O2. The third kappa shape index (κ3) is 3.05. The van der Waals surface area contributed by atoms with E-state index in [1.807, 2.05) is 0 Å². The lowest BCUT2D eigenvalue weighted by Gasteiger charge is -2.25. The molecule has 0 aliphatic carbocycles. The second kappa shape index (κ2) is 4.68. The molecular weight excluding hydrogens is 275 g/mol. The lowest BCUT2D eigenvalue weighted by Crippen LogP contribution is -2.49. The fraction of sp³-hybridized carbons (Fsp3) is 0.667. The van der Waals surface area contributed by atoms with Gasteiger partial charge in [-0.3, -0.25) is 4.99 Å². The molecule has 0 spiro atoms. The van der Waals surface area contributed by atoms with Gasteiger partial charge in [0.25, 0.3) is 0 Å². The fourth-order valence-electron chi connectivity index (χ4n) is 2.10. The van der Waals surface area contributed by atoms with E-state index in [1.54, 1.807) is 20.8 Å². The van der Waals surface area contributed by atoms with Crippen LogP contribution in [-0.4, -0.2) is 42.2 Å². The summed E-state index contributed by atoms with van der Waals surface area (Å²) in [5, 5.41) is 5.05. The van der Waals surface area contributed by atoms with Crippen LogP contribution in [0.25, 0.3) is 0 Å². The van der Waals surface area contributed by atoms with E-state index < -0.39 is 30.0 Å². The second-order valence-electron chi connectivity index (χ2n) is 5.67. The van der Waals surface area contributed by atoms with Crippen molar-refractivity contribution in [2.45, 2.75) is 44.6 Å². The van der Waals surface area contributed by atoms with Gasteiger partial charge in [-0.05, 0) is 20.8 Å². The third-order valence-corrected chi connectivity index (χ3v) is 2.81. The Morgan fingerprint density at radius 1 is 1.45 bits per heavy atom. The number of nitrogens with zero attached hydrogens (tertiary/aromatic N) is 1. The quantitative estimate of drug-likeness (QED) is 0.773. The molecule has 1 amide bonds. The molecule has 2 heterocycles. The van der Waals surface area contributed by atoms with Gasteiger partial charge in [0, 0.05) is 11.8 Å². The van der Waals surface area contributed by atoms with E-state index in [-0.39, 0.29) is 6.54 Å². The first-order chi connectivity index (χ1) is 9.08. The second-order valence-corrected chi connectivity index (χ2v) is 5.67. The van der Waals surface area contributed by atoms with Crippen LogP contribution in [0.15, 0.2) is 16.8 Å². The molecule has 0 saturated carbocycles. The standard InChI is InChI=1S/C12H16F3N3O2/c1-11(2,3)20-10(19)18-8-6-4-16-5-7(6)17-9(8)12(13,14)15/h4,8-9,16H,5H2,1-3H3,(H,18,19)/t8-,9?/m0/s1. The molecule has 0 aromatic rings. The Bertz CT molecular complexity index is 477. The largest absolute Gasteiger partial charge is 0.444 e. The topological polar surface area (TPSA) is 62.7 Å². The molecule has 0 radical (unpaired) electrons. The summed E-state index contributed by atoms with van der Waals surface area (Å²) < 4.78 is 43.9. The average molecular weight is 291 g/mol. The van der Waals surface area contributed by atoms with Crippen molar-refractivity contribution in [2.75, 3.05) is 6.54 Å². The van der Waals surface area contributed by atoms with E-state index in [2.05, 4.69) is 15.6 Å². The fourth-order valence-corrected chi connectivity index (χ4v) is 2.10. The van der Waals surface area contributed by atoms with Crippen molar-refractivity contribution in [1.82, 2.24) is 10.6 Å². The van der Waals surface area contributed by atoms with Gasteiger partial charge in [0.1, 0.15) is 5.60 Å². The number of alkyl carbamates (subject to hydrolysis) is 1. The van der Waals surface area contributed by atoms with E-state index >= 15 is 0 Å². The van der Waals surface area contributed by atoms with Gasteiger partial charge in [0.05, 0.1) is 18.3 Å². The number of carbonyl (C=O) groups excluding carboxylic acids is 1. The lowest BCUT2D eigenvalue weighted by molar-refractivity contribution is -0.149. The zero-order valence-electron chi connectivity index (χ0n) is 11.3. The van der Waals surface area contributed by atoms with Gasteiger partial charge in [-0.1, -0.05) is 0 Å². The van der Waals surface area contributed by atoms with Crippen molar-refractivity contribution in [1.29, 1.82) is 0 Å². The highest BCUT2D eigenvalue weighted by atomic mass is 19.4. The number of ether oxygens (including phenoxy) is 1. The predicted octanol–water partition coefficient (Wildman–Crippen LogP) is 1.75. The average Bonchev–Trinajstić information content (AvgIpc) is 2.76. The van der Waals surface area contributed by atoms with Crippen LogP contribution >= 0.6 is 0 Å². The third-order valence-electron chi connectivity index (χ3n) is 2.81. The summed E-state index contributed by atoms with van der Waals surface area (Å²) >= 11 is 0. The summed E-state index contributed by atoms with van der Waals surface area (Å²) in [5.41, 5.74) is -0.0887. The van der Waals surface area contributed by atoms with Crippen molar-refractivity contribution >= 4 is 11.8 Å². The molecule has 2 N–H and O–H groups in total. The monoisotopic (exact) mass is 291 g/mol. The number of alkyl halides is 3. The van der Waals surface area contributed by atoms with Gasteiger partial charge in [-0.15, -0.1) is 0 Å². The molecule has 2 atom stereocenters. The van der Waals surface area contributed by atoms with E-state index in [4.69, 9.17) is 4.74 Å². The maximum absolute atomic E-state index is 13.0. The van der Waals surface area contributed by atoms with Crippen LogP contribution in [-0.2, 0) is 4.74 Å².